The zero-order chi connectivity index (χ0) is 13.1. The average Bonchev–Trinajstić information content (AvgIpc) is 2.75. The molecule has 2 atom stereocenters. The van der Waals surface area contributed by atoms with Crippen molar-refractivity contribution in [2.75, 3.05) is 5.43 Å². The van der Waals surface area contributed by atoms with E-state index in [4.69, 9.17) is 17.4 Å². The maximum atomic E-state index is 12.0. The highest BCUT2D eigenvalue weighted by molar-refractivity contribution is 6.33. The van der Waals surface area contributed by atoms with Crippen LogP contribution in [0.25, 0.3) is 0 Å². The molecule has 1 saturated carbocycles. The van der Waals surface area contributed by atoms with Crippen molar-refractivity contribution >= 4 is 23.3 Å². The molecule has 6 heteroatoms. The molecule has 0 saturated heterocycles. The van der Waals surface area contributed by atoms with Crippen LogP contribution in [0.15, 0.2) is 12.3 Å². The molecule has 5 nitrogen and oxygen atoms in total. The Kier molecular flexibility index (Phi) is 4.04. The van der Waals surface area contributed by atoms with Crippen LogP contribution in [0.5, 0.6) is 0 Å². The van der Waals surface area contributed by atoms with Gasteiger partial charge in [-0.05, 0) is 24.8 Å². The van der Waals surface area contributed by atoms with Gasteiger partial charge >= 0.3 is 0 Å². The van der Waals surface area contributed by atoms with Crippen molar-refractivity contribution in [2.45, 2.75) is 32.2 Å². The first kappa shape index (κ1) is 13.1. The number of hydrogen-bond donors (Lipinski definition) is 3. The third-order valence-electron chi connectivity index (χ3n) is 3.42. The van der Waals surface area contributed by atoms with Gasteiger partial charge in [0, 0.05) is 12.2 Å². The molecule has 0 aromatic carbocycles. The summed E-state index contributed by atoms with van der Waals surface area (Å²) in [5.41, 5.74) is 2.82. The zero-order valence-corrected chi connectivity index (χ0v) is 11.0. The van der Waals surface area contributed by atoms with E-state index < -0.39 is 0 Å². The largest absolute Gasteiger partial charge is 0.349 e. The SMILES string of the molecule is CC1CCCC1NC(=O)c1cnc(NN)c(Cl)c1. The quantitative estimate of drug-likeness (QED) is 0.578. The van der Waals surface area contributed by atoms with Gasteiger partial charge in [-0.3, -0.25) is 4.79 Å². The topological polar surface area (TPSA) is 80.0 Å². The van der Waals surface area contributed by atoms with E-state index in [0.717, 1.165) is 6.42 Å². The number of hydrazine groups is 1. The number of pyridine rings is 1. The van der Waals surface area contributed by atoms with E-state index in [1.165, 1.54) is 19.0 Å². The van der Waals surface area contributed by atoms with E-state index in [1.54, 1.807) is 6.07 Å². The summed E-state index contributed by atoms with van der Waals surface area (Å²) in [6, 6.07) is 1.82. The Morgan fingerprint density at radius 2 is 2.33 bits per heavy atom. The molecular formula is C12H17ClN4O. The van der Waals surface area contributed by atoms with Gasteiger partial charge in [-0.25, -0.2) is 10.8 Å². The summed E-state index contributed by atoms with van der Waals surface area (Å²) in [6.07, 6.45) is 4.84. The Hall–Kier alpha value is -1.33. The second kappa shape index (κ2) is 5.54. The number of amides is 1. The first-order valence-electron chi connectivity index (χ1n) is 6.05. The molecule has 1 heterocycles. The van der Waals surface area contributed by atoms with Crippen molar-refractivity contribution in [3.8, 4) is 0 Å². The molecule has 4 N–H and O–H groups in total. The third-order valence-corrected chi connectivity index (χ3v) is 3.71. The van der Waals surface area contributed by atoms with Crippen LogP contribution < -0.4 is 16.6 Å². The van der Waals surface area contributed by atoms with Crippen molar-refractivity contribution in [1.29, 1.82) is 0 Å². The number of nitrogen functional groups attached to an aromatic ring is 1. The first-order chi connectivity index (χ1) is 8.61. The molecule has 1 amide bonds. The zero-order valence-electron chi connectivity index (χ0n) is 10.2. The molecule has 1 aliphatic rings. The van der Waals surface area contributed by atoms with Gasteiger partial charge < -0.3 is 10.7 Å². The fourth-order valence-electron chi connectivity index (χ4n) is 2.28. The summed E-state index contributed by atoms with van der Waals surface area (Å²) in [6.45, 7) is 2.16. The molecule has 18 heavy (non-hydrogen) atoms. The van der Waals surface area contributed by atoms with Gasteiger partial charge in [0.2, 0.25) is 0 Å². The van der Waals surface area contributed by atoms with E-state index in [-0.39, 0.29) is 11.9 Å². The van der Waals surface area contributed by atoms with Crippen LogP contribution in [0.1, 0.15) is 36.5 Å². The Labute approximate surface area is 111 Å². The highest BCUT2D eigenvalue weighted by Gasteiger charge is 2.25. The summed E-state index contributed by atoms with van der Waals surface area (Å²) >= 11 is 5.93. The van der Waals surface area contributed by atoms with Gasteiger partial charge in [0.1, 0.15) is 0 Å². The highest BCUT2D eigenvalue weighted by Crippen LogP contribution is 2.25. The smallest absolute Gasteiger partial charge is 0.253 e. The summed E-state index contributed by atoms with van der Waals surface area (Å²) < 4.78 is 0. The Morgan fingerprint density at radius 3 is 2.89 bits per heavy atom. The molecule has 2 unspecified atom stereocenters. The first-order valence-corrected chi connectivity index (χ1v) is 6.42. The molecule has 98 valence electrons. The fourth-order valence-corrected chi connectivity index (χ4v) is 2.50. The average molecular weight is 269 g/mol. The van der Waals surface area contributed by atoms with Crippen LogP contribution >= 0.6 is 11.6 Å². The van der Waals surface area contributed by atoms with Crippen molar-refractivity contribution in [3.63, 3.8) is 0 Å². The molecule has 1 aliphatic carbocycles. The lowest BCUT2D eigenvalue weighted by atomic mass is 10.1. The summed E-state index contributed by atoms with van der Waals surface area (Å²) in [7, 11) is 0. The van der Waals surface area contributed by atoms with Gasteiger partial charge in [0.15, 0.2) is 5.82 Å². The molecule has 1 aromatic heterocycles. The minimum atomic E-state index is -0.133. The number of nitrogens with two attached hydrogens (primary N) is 1. The maximum absolute atomic E-state index is 12.0. The molecule has 0 bridgehead atoms. The molecule has 1 aromatic rings. The van der Waals surface area contributed by atoms with Crippen molar-refractivity contribution in [3.05, 3.63) is 22.8 Å². The van der Waals surface area contributed by atoms with E-state index >= 15 is 0 Å². The molecule has 2 rings (SSSR count). The second-order valence-corrected chi connectivity index (χ2v) is 5.09. The van der Waals surface area contributed by atoms with Gasteiger partial charge in [-0.1, -0.05) is 24.9 Å². The molecular weight excluding hydrogens is 252 g/mol. The van der Waals surface area contributed by atoms with Gasteiger partial charge in [-0.15, -0.1) is 0 Å². The van der Waals surface area contributed by atoms with Crippen LogP contribution in [0.2, 0.25) is 5.02 Å². The van der Waals surface area contributed by atoms with E-state index in [2.05, 4.69) is 22.7 Å². The number of hydrogen-bond acceptors (Lipinski definition) is 4. The summed E-state index contributed by atoms with van der Waals surface area (Å²) in [5.74, 6) is 5.99. The number of carbonyl (C=O) groups excluding carboxylic acids is 1. The van der Waals surface area contributed by atoms with Crippen LogP contribution in [-0.2, 0) is 0 Å². The molecule has 0 radical (unpaired) electrons. The number of carbonyl (C=O) groups is 1. The van der Waals surface area contributed by atoms with Crippen LogP contribution in [0, 0.1) is 5.92 Å². The van der Waals surface area contributed by atoms with Crippen LogP contribution in [0.4, 0.5) is 5.82 Å². The predicted octanol–water partition coefficient (Wildman–Crippen LogP) is 1.94. The van der Waals surface area contributed by atoms with E-state index in [9.17, 15) is 4.79 Å². The number of halogens is 1. The number of rotatable bonds is 3. The Morgan fingerprint density at radius 1 is 1.56 bits per heavy atom. The van der Waals surface area contributed by atoms with Crippen LogP contribution in [-0.4, -0.2) is 16.9 Å². The predicted molar refractivity (Wildman–Crippen MR) is 71.3 cm³/mol. The maximum Gasteiger partial charge on any atom is 0.253 e. The minimum absolute atomic E-state index is 0.133. The third kappa shape index (κ3) is 2.73. The van der Waals surface area contributed by atoms with E-state index in [1.807, 2.05) is 0 Å². The lowest BCUT2D eigenvalue weighted by Crippen LogP contribution is -2.36. The standard InChI is InChI=1S/C12H17ClN4O/c1-7-3-2-4-10(7)16-12(18)8-5-9(13)11(17-14)15-6-8/h5-7,10H,2-4,14H2,1H3,(H,15,17)(H,16,18). The number of anilines is 1. The van der Waals surface area contributed by atoms with Gasteiger partial charge in [0.05, 0.1) is 10.6 Å². The van der Waals surface area contributed by atoms with Gasteiger partial charge in [-0.2, -0.15) is 0 Å². The van der Waals surface area contributed by atoms with Crippen molar-refractivity contribution in [1.82, 2.24) is 10.3 Å². The molecule has 1 fully saturated rings. The number of nitrogens with zero attached hydrogens (tertiary/aromatic N) is 1. The summed E-state index contributed by atoms with van der Waals surface area (Å²) in [4.78, 5) is 16.0. The number of nitrogens with one attached hydrogen (secondary N) is 2. The normalized spacial score (nSPS) is 22.8. The van der Waals surface area contributed by atoms with Crippen molar-refractivity contribution in [2.24, 2.45) is 11.8 Å². The highest BCUT2D eigenvalue weighted by atomic mass is 35.5. The van der Waals surface area contributed by atoms with Crippen LogP contribution in [0.3, 0.4) is 0 Å². The lowest BCUT2D eigenvalue weighted by Gasteiger charge is -2.17. The Balaban J connectivity index is 2.07. The summed E-state index contributed by atoms with van der Waals surface area (Å²) in [5, 5.41) is 3.36. The monoisotopic (exact) mass is 268 g/mol. The minimum Gasteiger partial charge on any atom is -0.349 e. The second-order valence-electron chi connectivity index (χ2n) is 4.69. The molecule has 0 spiro atoms. The lowest BCUT2D eigenvalue weighted by molar-refractivity contribution is 0.0929. The fraction of sp³-hybridized carbons (Fsp3) is 0.500. The molecule has 0 aliphatic heterocycles. The van der Waals surface area contributed by atoms with Gasteiger partial charge in [0.25, 0.3) is 5.91 Å². The Bertz CT molecular complexity index is 452. The number of aromatic nitrogens is 1. The van der Waals surface area contributed by atoms with Crippen molar-refractivity contribution < 1.29 is 4.79 Å². The van der Waals surface area contributed by atoms with E-state index in [0.29, 0.717) is 22.3 Å².